The summed E-state index contributed by atoms with van der Waals surface area (Å²) in [5.74, 6) is -2.21. The van der Waals surface area contributed by atoms with Crippen molar-refractivity contribution in [3.8, 4) is 0 Å². The van der Waals surface area contributed by atoms with Gasteiger partial charge >= 0.3 is 0 Å². The summed E-state index contributed by atoms with van der Waals surface area (Å²) >= 11 is 0. The molecule has 0 aliphatic carbocycles. The second-order valence-corrected chi connectivity index (χ2v) is 15.2. The lowest BCUT2D eigenvalue weighted by molar-refractivity contribution is -0.150. The Labute approximate surface area is 310 Å². The molecular formula is C40H64N4O8. The lowest BCUT2D eigenvalue weighted by atomic mass is 9.85. The number of nitrogens with zero attached hydrogens (tertiary/aromatic N) is 3. The second-order valence-electron chi connectivity index (χ2n) is 15.2. The third kappa shape index (κ3) is 11.3. The number of likely N-dealkylation sites (tertiary alicyclic amines) is 1. The highest BCUT2D eigenvalue weighted by Crippen LogP contribution is 2.31. The highest BCUT2D eigenvalue weighted by atomic mass is 16.5. The van der Waals surface area contributed by atoms with E-state index >= 15 is 0 Å². The molecular weight excluding hydrogens is 664 g/mol. The minimum Gasteiger partial charge on any atom is -0.396 e. The fourth-order valence-corrected chi connectivity index (χ4v) is 8.00. The summed E-state index contributed by atoms with van der Waals surface area (Å²) in [6.07, 6.45) is 1.93. The van der Waals surface area contributed by atoms with Crippen molar-refractivity contribution >= 4 is 29.4 Å². The van der Waals surface area contributed by atoms with E-state index in [1.165, 1.54) is 4.90 Å². The van der Waals surface area contributed by atoms with Crippen LogP contribution in [0.2, 0.25) is 0 Å². The number of amides is 4. The topological polar surface area (TPSA) is 146 Å². The molecule has 3 rings (SSSR count). The first kappa shape index (κ1) is 43.1. The molecule has 0 aromatic heterocycles. The molecule has 2 N–H and O–H groups in total. The van der Waals surface area contributed by atoms with Gasteiger partial charge in [-0.15, -0.1) is 0 Å². The maximum absolute atomic E-state index is 14.2. The zero-order valence-electron chi connectivity index (χ0n) is 32.7. The first-order valence-electron chi connectivity index (χ1n) is 19.1. The lowest BCUT2D eigenvalue weighted by Crippen LogP contribution is -2.54. The normalized spacial score (nSPS) is 20.4. The molecule has 52 heavy (non-hydrogen) atoms. The third-order valence-electron chi connectivity index (χ3n) is 11.4. The maximum atomic E-state index is 14.2. The molecule has 0 saturated carbocycles. The van der Waals surface area contributed by atoms with Gasteiger partial charge in [-0.25, -0.2) is 0 Å². The smallest absolute Gasteiger partial charge is 0.239 e. The number of carbonyl (C=O) groups excluding carboxylic acids is 5. The van der Waals surface area contributed by atoms with E-state index in [1.54, 1.807) is 26.2 Å². The van der Waals surface area contributed by atoms with Crippen LogP contribution in [0.5, 0.6) is 0 Å². The molecule has 4 amide bonds. The van der Waals surface area contributed by atoms with E-state index in [-0.39, 0.29) is 85.6 Å². The second kappa shape index (κ2) is 20.8. The molecule has 0 radical (unpaired) electrons. The Morgan fingerprint density at radius 1 is 0.981 bits per heavy atom. The van der Waals surface area contributed by atoms with Gasteiger partial charge in [0.25, 0.3) is 0 Å². The molecule has 0 spiro atoms. The third-order valence-corrected chi connectivity index (χ3v) is 11.4. The fourth-order valence-electron chi connectivity index (χ4n) is 8.00. The van der Waals surface area contributed by atoms with E-state index in [0.29, 0.717) is 32.5 Å². The molecule has 0 unspecified atom stereocenters. The van der Waals surface area contributed by atoms with Crippen molar-refractivity contribution in [3.63, 3.8) is 0 Å². The summed E-state index contributed by atoms with van der Waals surface area (Å²) in [5.41, 5.74) is 1.06. The highest BCUT2D eigenvalue weighted by Gasteiger charge is 2.43. The van der Waals surface area contributed by atoms with Crippen LogP contribution < -0.4 is 5.32 Å². The Bertz CT molecular complexity index is 1330. The van der Waals surface area contributed by atoms with Crippen LogP contribution in [0.3, 0.4) is 0 Å². The Morgan fingerprint density at radius 3 is 2.25 bits per heavy atom. The summed E-state index contributed by atoms with van der Waals surface area (Å²) in [4.78, 5) is 72.0. The Kier molecular flexibility index (Phi) is 17.2. The molecule has 8 atom stereocenters. The van der Waals surface area contributed by atoms with Crippen molar-refractivity contribution in [2.45, 2.75) is 104 Å². The summed E-state index contributed by atoms with van der Waals surface area (Å²) < 4.78 is 12.0. The molecule has 2 aliphatic heterocycles. The SMILES string of the molecule is CC[C@H](C)[C@@H]([C@@H](CC(=O)N1CCC[C@H]1[C@H](OC)[C@@H](C)C(=O)C[C@H](CO)Cc1ccccc1)OC)N(C)C(=O)[C@@H](CC(=O)N1CCNC(=O)C1)C(C)C. The van der Waals surface area contributed by atoms with Gasteiger partial charge in [-0.05, 0) is 42.6 Å². The number of benzene rings is 1. The molecule has 1 aromatic carbocycles. The summed E-state index contributed by atoms with van der Waals surface area (Å²) in [6, 6.07) is 9.07. The number of rotatable bonds is 20. The van der Waals surface area contributed by atoms with Crippen molar-refractivity contribution in [2.75, 3.05) is 54.1 Å². The average Bonchev–Trinajstić information content (AvgIpc) is 3.62. The van der Waals surface area contributed by atoms with Crippen LogP contribution in [0.25, 0.3) is 0 Å². The number of carbonyl (C=O) groups is 5. The van der Waals surface area contributed by atoms with Gasteiger partial charge in [0.2, 0.25) is 23.6 Å². The van der Waals surface area contributed by atoms with E-state index < -0.39 is 30.1 Å². The number of ether oxygens (including phenoxy) is 2. The number of Topliss-reactive ketones (excluding diaryl/α,β-unsaturated/α-hetero) is 1. The molecule has 2 saturated heterocycles. The van der Waals surface area contributed by atoms with Crippen molar-refractivity contribution in [2.24, 2.45) is 29.6 Å². The van der Waals surface area contributed by atoms with Gasteiger partial charge in [-0.1, -0.05) is 71.4 Å². The van der Waals surface area contributed by atoms with Gasteiger partial charge in [0.15, 0.2) is 0 Å². The predicted octanol–water partition coefficient (Wildman–Crippen LogP) is 3.34. The van der Waals surface area contributed by atoms with E-state index in [9.17, 15) is 29.1 Å². The number of hydrogen-bond acceptors (Lipinski definition) is 8. The minimum absolute atomic E-state index is 0.00499. The molecule has 12 heteroatoms. The molecule has 0 bridgehead atoms. The zero-order chi connectivity index (χ0) is 38.5. The van der Waals surface area contributed by atoms with Gasteiger partial charge in [-0.2, -0.15) is 0 Å². The van der Waals surface area contributed by atoms with Crippen LogP contribution in [0.1, 0.15) is 78.7 Å². The highest BCUT2D eigenvalue weighted by molar-refractivity contribution is 5.89. The molecule has 12 nitrogen and oxygen atoms in total. The largest absolute Gasteiger partial charge is 0.396 e. The summed E-state index contributed by atoms with van der Waals surface area (Å²) in [7, 11) is 4.87. The first-order valence-corrected chi connectivity index (χ1v) is 19.1. The monoisotopic (exact) mass is 728 g/mol. The van der Waals surface area contributed by atoms with Gasteiger partial charge < -0.3 is 34.6 Å². The van der Waals surface area contributed by atoms with Gasteiger partial charge in [0.1, 0.15) is 5.78 Å². The van der Waals surface area contributed by atoms with Crippen LogP contribution in [-0.4, -0.2) is 128 Å². The van der Waals surface area contributed by atoms with Crippen LogP contribution in [-0.2, 0) is 39.9 Å². The van der Waals surface area contributed by atoms with E-state index in [1.807, 2.05) is 69.9 Å². The molecule has 2 heterocycles. The Morgan fingerprint density at radius 2 is 1.67 bits per heavy atom. The van der Waals surface area contributed by atoms with Crippen LogP contribution in [0.15, 0.2) is 30.3 Å². The van der Waals surface area contributed by atoms with Crippen LogP contribution in [0.4, 0.5) is 0 Å². The number of aliphatic hydroxyl groups is 1. The van der Waals surface area contributed by atoms with Crippen molar-refractivity contribution in [3.05, 3.63) is 35.9 Å². The molecule has 2 aliphatic rings. The van der Waals surface area contributed by atoms with Gasteiger partial charge in [0.05, 0.1) is 37.3 Å². The Balaban J connectivity index is 1.73. The van der Waals surface area contributed by atoms with Gasteiger partial charge in [0, 0.05) is 72.2 Å². The maximum Gasteiger partial charge on any atom is 0.239 e. The Hall–Kier alpha value is -3.35. The average molecular weight is 729 g/mol. The first-order chi connectivity index (χ1) is 24.8. The molecule has 2 fully saturated rings. The number of hydrogen-bond donors (Lipinski definition) is 2. The van der Waals surface area contributed by atoms with Crippen LogP contribution in [0, 0.1) is 29.6 Å². The zero-order valence-corrected chi connectivity index (χ0v) is 32.7. The predicted molar refractivity (Wildman–Crippen MR) is 199 cm³/mol. The standard InChI is InChI=1S/C40H64N4O8/c1-9-27(4)38(42(6)40(50)31(26(2)3)22-36(48)43-19-17-41-35(47)24-43)34(51-7)23-37(49)44-18-13-16-32(44)39(52-8)28(5)33(46)21-30(25-45)20-29-14-11-10-12-15-29/h10-12,14-15,26-28,30-32,34,38-39,45H,9,13,16-25H2,1-8H3,(H,41,47)/t27-,28-,30+,31-,32-,34+,38-,39+/m0/s1. The molecule has 1 aromatic rings. The summed E-state index contributed by atoms with van der Waals surface area (Å²) in [5, 5.41) is 12.8. The fraction of sp³-hybridized carbons (Fsp3) is 0.725. The number of methoxy groups -OCH3 is 2. The number of nitrogens with one attached hydrogen (secondary N) is 1. The van der Waals surface area contributed by atoms with E-state index in [0.717, 1.165) is 18.4 Å². The van der Waals surface area contributed by atoms with E-state index in [4.69, 9.17) is 9.47 Å². The quantitative estimate of drug-likeness (QED) is 0.208. The van der Waals surface area contributed by atoms with Crippen molar-refractivity contribution in [1.82, 2.24) is 20.0 Å². The number of piperazine rings is 1. The number of aliphatic hydroxyl groups excluding tert-OH is 1. The minimum atomic E-state index is -0.615. The number of likely N-dealkylation sites (N-methyl/N-ethyl adjacent to an activating group) is 1. The van der Waals surface area contributed by atoms with Crippen LogP contribution >= 0.6 is 0 Å². The lowest BCUT2D eigenvalue weighted by Gasteiger charge is -2.41. The summed E-state index contributed by atoms with van der Waals surface area (Å²) in [6.45, 7) is 11.0. The van der Waals surface area contributed by atoms with Crippen molar-refractivity contribution < 1.29 is 38.6 Å². The van der Waals surface area contributed by atoms with E-state index in [2.05, 4.69) is 5.32 Å². The van der Waals surface area contributed by atoms with Crippen molar-refractivity contribution in [1.29, 1.82) is 0 Å². The molecule has 292 valence electrons. The van der Waals surface area contributed by atoms with Gasteiger partial charge in [-0.3, -0.25) is 24.0 Å². The number of ketones is 1.